The molecule has 2 N–H and O–H groups in total. The fraction of sp³-hybridized carbons (Fsp3) is 0.353. The van der Waals surface area contributed by atoms with Crippen LogP contribution in [0.25, 0.3) is 0 Å². The summed E-state index contributed by atoms with van der Waals surface area (Å²) in [6, 6.07) is 9.42. The predicted molar refractivity (Wildman–Crippen MR) is 90.2 cm³/mol. The minimum Gasteiger partial charge on any atom is -0.486 e. The smallest absolute Gasteiger partial charge is 0.315 e. The molecule has 2 amide bonds. The molecule has 3 rings (SSSR count). The van der Waals surface area contributed by atoms with Crippen molar-refractivity contribution < 1.29 is 14.3 Å². The van der Waals surface area contributed by atoms with E-state index in [0.717, 1.165) is 21.9 Å². The molecule has 1 aromatic heterocycles. The number of amides is 2. The average Bonchev–Trinajstić information content (AvgIpc) is 3.08. The standard InChI is InChI=1S/C17H20N2O3S/c1-11(13-5-6-14-15(10-13)22-8-7-21-14)18-17(20)19-12(2)16-4-3-9-23-16/h3-6,9-12H,7-8H2,1-2H3,(H2,18,19,20)/t11-,12+/m1/s1. The van der Waals surface area contributed by atoms with Crippen molar-refractivity contribution in [1.29, 1.82) is 0 Å². The Morgan fingerprint density at radius 3 is 2.57 bits per heavy atom. The number of ether oxygens (including phenoxy) is 2. The second-order valence-electron chi connectivity index (χ2n) is 5.48. The SMILES string of the molecule is C[C@H](NC(=O)N[C@H](C)c1ccc2c(c1)OCCO2)c1cccs1. The number of fused-ring (bicyclic) bond motifs is 1. The van der Waals surface area contributed by atoms with Gasteiger partial charge in [0.1, 0.15) is 13.2 Å². The normalized spacial score (nSPS) is 15.6. The van der Waals surface area contributed by atoms with Crippen LogP contribution >= 0.6 is 11.3 Å². The Bertz CT molecular complexity index is 672. The minimum absolute atomic E-state index is 0.0116. The van der Waals surface area contributed by atoms with E-state index in [2.05, 4.69) is 10.6 Å². The summed E-state index contributed by atoms with van der Waals surface area (Å²) in [5.41, 5.74) is 0.980. The fourth-order valence-corrected chi connectivity index (χ4v) is 3.19. The van der Waals surface area contributed by atoms with E-state index in [1.807, 2.05) is 49.6 Å². The summed E-state index contributed by atoms with van der Waals surface area (Å²) in [6.07, 6.45) is 0. The van der Waals surface area contributed by atoms with E-state index in [0.29, 0.717) is 13.2 Å². The quantitative estimate of drug-likeness (QED) is 0.898. The van der Waals surface area contributed by atoms with Crippen LogP contribution in [0.5, 0.6) is 11.5 Å². The van der Waals surface area contributed by atoms with Crippen molar-refractivity contribution in [2.45, 2.75) is 25.9 Å². The van der Waals surface area contributed by atoms with E-state index in [-0.39, 0.29) is 18.1 Å². The van der Waals surface area contributed by atoms with E-state index in [1.165, 1.54) is 0 Å². The Morgan fingerprint density at radius 1 is 1.09 bits per heavy atom. The van der Waals surface area contributed by atoms with Gasteiger partial charge in [0, 0.05) is 4.88 Å². The van der Waals surface area contributed by atoms with Crippen LogP contribution in [-0.4, -0.2) is 19.2 Å². The Morgan fingerprint density at radius 2 is 1.83 bits per heavy atom. The molecule has 5 nitrogen and oxygen atoms in total. The highest BCUT2D eigenvalue weighted by atomic mass is 32.1. The van der Waals surface area contributed by atoms with Gasteiger partial charge in [0.25, 0.3) is 0 Å². The van der Waals surface area contributed by atoms with Crippen LogP contribution in [0.2, 0.25) is 0 Å². The largest absolute Gasteiger partial charge is 0.486 e. The Labute approximate surface area is 139 Å². The van der Waals surface area contributed by atoms with Crippen molar-refractivity contribution in [3.05, 3.63) is 46.2 Å². The first-order valence-corrected chi connectivity index (χ1v) is 8.51. The van der Waals surface area contributed by atoms with Crippen molar-refractivity contribution in [3.8, 4) is 11.5 Å². The average molecular weight is 332 g/mol. The first-order chi connectivity index (χ1) is 11.1. The molecule has 23 heavy (non-hydrogen) atoms. The number of hydrogen-bond acceptors (Lipinski definition) is 4. The molecule has 2 aromatic rings. The minimum atomic E-state index is -0.187. The van der Waals surface area contributed by atoms with Gasteiger partial charge in [-0.15, -0.1) is 11.3 Å². The molecule has 6 heteroatoms. The molecule has 1 aliphatic heterocycles. The highest BCUT2D eigenvalue weighted by molar-refractivity contribution is 7.10. The predicted octanol–water partition coefficient (Wildman–Crippen LogP) is 3.64. The zero-order chi connectivity index (χ0) is 16.2. The second kappa shape index (κ2) is 6.91. The van der Waals surface area contributed by atoms with Gasteiger partial charge in [0.05, 0.1) is 12.1 Å². The second-order valence-corrected chi connectivity index (χ2v) is 6.46. The van der Waals surface area contributed by atoms with E-state index in [9.17, 15) is 4.79 Å². The molecule has 2 heterocycles. The lowest BCUT2D eigenvalue weighted by Crippen LogP contribution is -2.38. The van der Waals surface area contributed by atoms with Gasteiger partial charge in [0.2, 0.25) is 0 Å². The molecule has 1 aliphatic rings. The number of nitrogens with one attached hydrogen (secondary N) is 2. The molecule has 0 spiro atoms. The third kappa shape index (κ3) is 3.76. The lowest BCUT2D eigenvalue weighted by atomic mass is 10.1. The highest BCUT2D eigenvalue weighted by Gasteiger charge is 2.17. The van der Waals surface area contributed by atoms with Crippen LogP contribution < -0.4 is 20.1 Å². The monoisotopic (exact) mass is 332 g/mol. The maximum Gasteiger partial charge on any atom is 0.315 e. The number of rotatable bonds is 4. The third-order valence-electron chi connectivity index (χ3n) is 3.73. The van der Waals surface area contributed by atoms with Crippen LogP contribution in [0.3, 0.4) is 0 Å². The number of urea groups is 1. The maximum absolute atomic E-state index is 12.1. The van der Waals surface area contributed by atoms with Crippen molar-refractivity contribution in [1.82, 2.24) is 10.6 Å². The topological polar surface area (TPSA) is 59.6 Å². The van der Waals surface area contributed by atoms with Crippen LogP contribution in [0, 0.1) is 0 Å². The summed E-state index contributed by atoms with van der Waals surface area (Å²) in [7, 11) is 0. The zero-order valence-corrected chi connectivity index (χ0v) is 14.0. The van der Waals surface area contributed by atoms with E-state index < -0.39 is 0 Å². The van der Waals surface area contributed by atoms with Gasteiger partial charge in [0.15, 0.2) is 11.5 Å². The molecule has 0 saturated carbocycles. The molecule has 0 saturated heterocycles. The molecule has 0 unspecified atom stereocenters. The number of carbonyl (C=O) groups is 1. The molecule has 1 aromatic carbocycles. The molecule has 122 valence electrons. The van der Waals surface area contributed by atoms with Crippen LogP contribution in [0.4, 0.5) is 4.79 Å². The number of hydrogen-bond donors (Lipinski definition) is 2. The summed E-state index contributed by atoms with van der Waals surface area (Å²) in [5, 5.41) is 7.91. The lowest BCUT2D eigenvalue weighted by molar-refractivity contribution is 0.171. The molecular weight excluding hydrogens is 312 g/mol. The Kier molecular flexibility index (Phi) is 4.71. The first kappa shape index (κ1) is 15.7. The molecule has 0 fully saturated rings. The Hall–Kier alpha value is -2.21. The van der Waals surface area contributed by atoms with Gasteiger partial charge in [-0.3, -0.25) is 0 Å². The van der Waals surface area contributed by atoms with Gasteiger partial charge in [-0.1, -0.05) is 12.1 Å². The molecule has 0 radical (unpaired) electrons. The number of thiophene rings is 1. The highest BCUT2D eigenvalue weighted by Crippen LogP contribution is 2.32. The molecule has 0 aliphatic carbocycles. The Balaban J connectivity index is 1.60. The summed E-state index contributed by atoms with van der Waals surface area (Å²) in [5.74, 6) is 1.48. The fourth-order valence-electron chi connectivity index (χ4n) is 2.46. The van der Waals surface area contributed by atoms with Crippen LogP contribution in [0.1, 0.15) is 36.4 Å². The summed E-state index contributed by atoms with van der Waals surface area (Å²) in [6.45, 7) is 5.04. The molecular formula is C17H20N2O3S. The van der Waals surface area contributed by atoms with E-state index in [1.54, 1.807) is 11.3 Å². The van der Waals surface area contributed by atoms with Crippen LogP contribution in [0.15, 0.2) is 35.7 Å². The number of benzene rings is 1. The first-order valence-electron chi connectivity index (χ1n) is 7.63. The van der Waals surface area contributed by atoms with Gasteiger partial charge in [-0.05, 0) is 43.0 Å². The number of carbonyl (C=O) groups excluding carboxylic acids is 1. The lowest BCUT2D eigenvalue weighted by Gasteiger charge is -2.21. The van der Waals surface area contributed by atoms with Crippen molar-refractivity contribution in [2.24, 2.45) is 0 Å². The van der Waals surface area contributed by atoms with Gasteiger partial charge >= 0.3 is 6.03 Å². The summed E-state index contributed by atoms with van der Waals surface area (Å²) < 4.78 is 11.1. The summed E-state index contributed by atoms with van der Waals surface area (Å²) in [4.78, 5) is 13.3. The molecule has 0 bridgehead atoms. The zero-order valence-electron chi connectivity index (χ0n) is 13.2. The third-order valence-corrected chi connectivity index (χ3v) is 4.79. The van der Waals surface area contributed by atoms with Gasteiger partial charge < -0.3 is 20.1 Å². The van der Waals surface area contributed by atoms with E-state index >= 15 is 0 Å². The van der Waals surface area contributed by atoms with Crippen molar-refractivity contribution >= 4 is 17.4 Å². The molecule has 2 atom stereocenters. The van der Waals surface area contributed by atoms with E-state index in [4.69, 9.17) is 9.47 Å². The van der Waals surface area contributed by atoms with Crippen molar-refractivity contribution in [2.75, 3.05) is 13.2 Å². The van der Waals surface area contributed by atoms with Crippen LogP contribution in [-0.2, 0) is 0 Å². The van der Waals surface area contributed by atoms with Gasteiger partial charge in [-0.2, -0.15) is 0 Å². The maximum atomic E-state index is 12.1. The van der Waals surface area contributed by atoms with Gasteiger partial charge in [-0.25, -0.2) is 4.79 Å². The summed E-state index contributed by atoms with van der Waals surface area (Å²) >= 11 is 1.63. The van der Waals surface area contributed by atoms with Crippen molar-refractivity contribution in [3.63, 3.8) is 0 Å².